The maximum atomic E-state index is 12.7. The van der Waals surface area contributed by atoms with E-state index in [1.165, 1.54) is 11.3 Å². The van der Waals surface area contributed by atoms with Crippen molar-refractivity contribution in [1.29, 1.82) is 0 Å². The van der Waals surface area contributed by atoms with Gasteiger partial charge in [0.25, 0.3) is 0 Å². The highest BCUT2D eigenvalue weighted by Crippen LogP contribution is 2.43. The van der Waals surface area contributed by atoms with Gasteiger partial charge in [0.1, 0.15) is 0 Å². The van der Waals surface area contributed by atoms with Crippen molar-refractivity contribution in [2.45, 2.75) is 19.4 Å². The lowest BCUT2D eigenvalue weighted by Crippen LogP contribution is -2.38. The zero-order chi connectivity index (χ0) is 21.8. The third kappa shape index (κ3) is 4.42. The molecule has 3 heterocycles. The number of rotatable bonds is 8. The summed E-state index contributed by atoms with van der Waals surface area (Å²) in [6, 6.07) is 7.40. The number of carbonyl (C=O) groups is 1. The van der Waals surface area contributed by atoms with Gasteiger partial charge in [-0.1, -0.05) is 11.2 Å². The highest BCUT2D eigenvalue weighted by molar-refractivity contribution is 7.12. The number of nitrogens with zero attached hydrogens (tertiary/aromatic N) is 3. The SMILES string of the molecule is COc1ccc(-c2noc(CN3CCC[C@H](C(=O)c4cccs4)C3)n2)c(OC)c1OC. The molecule has 3 aromatic rings. The predicted octanol–water partition coefficient (Wildman–Crippen LogP) is 3.92. The minimum atomic E-state index is 0.000681. The number of benzene rings is 1. The average molecular weight is 444 g/mol. The number of hydrogen-bond acceptors (Lipinski definition) is 9. The lowest BCUT2D eigenvalue weighted by molar-refractivity contribution is 0.0801. The Hall–Kier alpha value is -2.91. The maximum Gasteiger partial charge on any atom is 0.241 e. The molecular weight excluding hydrogens is 418 g/mol. The van der Waals surface area contributed by atoms with E-state index in [9.17, 15) is 4.79 Å². The summed E-state index contributed by atoms with van der Waals surface area (Å²) in [4.78, 5) is 20.3. The number of Topliss-reactive ketones (excluding diaryl/α,β-unsaturated/α-hetero) is 1. The second-order valence-corrected chi connectivity index (χ2v) is 8.26. The summed E-state index contributed by atoms with van der Waals surface area (Å²) in [6.45, 7) is 2.08. The Morgan fingerprint density at radius 1 is 1.19 bits per heavy atom. The van der Waals surface area contributed by atoms with Crippen LogP contribution in [0.4, 0.5) is 0 Å². The number of carbonyl (C=O) groups excluding carboxylic acids is 1. The van der Waals surface area contributed by atoms with Crippen LogP contribution in [0.3, 0.4) is 0 Å². The number of methoxy groups -OCH3 is 3. The van der Waals surface area contributed by atoms with Gasteiger partial charge in [-0.2, -0.15) is 4.98 Å². The number of ether oxygens (including phenoxy) is 3. The summed E-state index contributed by atoms with van der Waals surface area (Å²) >= 11 is 1.50. The van der Waals surface area contributed by atoms with Crippen LogP contribution in [0.25, 0.3) is 11.4 Å². The van der Waals surface area contributed by atoms with E-state index in [1.807, 2.05) is 23.6 Å². The van der Waals surface area contributed by atoms with Crippen molar-refractivity contribution in [2.24, 2.45) is 5.92 Å². The van der Waals surface area contributed by atoms with E-state index in [2.05, 4.69) is 15.0 Å². The van der Waals surface area contributed by atoms with Gasteiger partial charge < -0.3 is 18.7 Å². The van der Waals surface area contributed by atoms with Crippen molar-refractivity contribution < 1.29 is 23.5 Å². The molecule has 4 rings (SSSR count). The molecule has 1 aromatic carbocycles. The number of aromatic nitrogens is 2. The monoisotopic (exact) mass is 443 g/mol. The average Bonchev–Trinajstić information content (AvgIpc) is 3.50. The maximum absolute atomic E-state index is 12.7. The Balaban J connectivity index is 1.49. The standard InChI is InChI=1S/C22H25N3O5S/c1-27-16-9-8-15(20(28-2)21(16)29-3)22-23-18(30-24-22)13-25-10-4-6-14(12-25)19(26)17-7-5-11-31-17/h5,7-9,11,14H,4,6,10,12-13H2,1-3H3/t14-/m0/s1. The number of piperidine rings is 1. The highest BCUT2D eigenvalue weighted by Gasteiger charge is 2.28. The lowest BCUT2D eigenvalue weighted by Gasteiger charge is -2.30. The zero-order valence-electron chi connectivity index (χ0n) is 17.8. The van der Waals surface area contributed by atoms with Crippen molar-refractivity contribution in [3.05, 3.63) is 40.4 Å². The summed E-state index contributed by atoms with van der Waals surface area (Å²) < 4.78 is 21.8. The second kappa shape index (κ2) is 9.49. The molecule has 2 aromatic heterocycles. The molecule has 0 radical (unpaired) electrons. The van der Waals surface area contributed by atoms with Gasteiger partial charge >= 0.3 is 0 Å². The summed E-state index contributed by atoms with van der Waals surface area (Å²) in [7, 11) is 4.68. The zero-order valence-corrected chi connectivity index (χ0v) is 18.6. The van der Waals surface area contributed by atoms with E-state index < -0.39 is 0 Å². The van der Waals surface area contributed by atoms with Gasteiger partial charge in [0.2, 0.25) is 17.5 Å². The van der Waals surface area contributed by atoms with E-state index >= 15 is 0 Å². The summed E-state index contributed by atoms with van der Waals surface area (Å²) in [5.74, 6) is 2.64. The molecule has 0 unspecified atom stereocenters. The van der Waals surface area contributed by atoms with Gasteiger partial charge in [-0.3, -0.25) is 9.69 Å². The molecule has 9 heteroatoms. The summed E-state index contributed by atoms with van der Waals surface area (Å²) in [6.07, 6.45) is 1.87. The molecule has 8 nitrogen and oxygen atoms in total. The van der Waals surface area contributed by atoms with E-state index in [-0.39, 0.29) is 11.7 Å². The predicted molar refractivity (Wildman–Crippen MR) is 116 cm³/mol. The smallest absolute Gasteiger partial charge is 0.241 e. The number of thiophene rings is 1. The van der Waals surface area contributed by atoms with Gasteiger partial charge in [0.15, 0.2) is 17.3 Å². The molecule has 1 fully saturated rings. The fourth-order valence-corrected chi connectivity index (χ4v) is 4.67. The lowest BCUT2D eigenvalue weighted by atomic mass is 9.93. The number of likely N-dealkylation sites (tertiary alicyclic amines) is 1. The molecule has 0 amide bonds. The van der Waals surface area contributed by atoms with Crippen LogP contribution in [0.1, 0.15) is 28.4 Å². The van der Waals surface area contributed by atoms with Crippen LogP contribution >= 0.6 is 11.3 Å². The van der Waals surface area contributed by atoms with E-state index in [0.29, 0.717) is 47.6 Å². The fourth-order valence-electron chi connectivity index (χ4n) is 3.93. The topological polar surface area (TPSA) is 86.9 Å². The largest absolute Gasteiger partial charge is 0.493 e. The molecule has 0 N–H and O–H groups in total. The van der Waals surface area contributed by atoms with Crippen molar-refractivity contribution in [2.75, 3.05) is 34.4 Å². The van der Waals surface area contributed by atoms with Gasteiger partial charge in [-0.15, -0.1) is 11.3 Å². The van der Waals surface area contributed by atoms with E-state index in [4.69, 9.17) is 18.7 Å². The Kier molecular flexibility index (Phi) is 6.53. The van der Waals surface area contributed by atoms with Crippen molar-refractivity contribution in [3.63, 3.8) is 0 Å². The second-order valence-electron chi connectivity index (χ2n) is 7.31. The van der Waals surface area contributed by atoms with Crippen molar-refractivity contribution in [3.8, 4) is 28.6 Å². The van der Waals surface area contributed by atoms with Gasteiger partial charge in [0.05, 0.1) is 38.3 Å². The minimum absolute atomic E-state index is 0.000681. The van der Waals surface area contributed by atoms with E-state index in [0.717, 1.165) is 24.3 Å². The molecule has 164 valence electrons. The van der Waals surface area contributed by atoms with Crippen molar-refractivity contribution >= 4 is 17.1 Å². The normalized spacial score (nSPS) is 16.8. The first-order valence-electron chi connectivity index (χ1n) is 10.1. The first-order valence-corrected chi connectivity index (χ1v) is 10.9. The van der Waals surface area contributed by atoms with Crippen LogP contribution in [0.15, 0.2) is 34.2 Å². The van der Waals surface area contributed by atoms with Gasteiger partial charge in [-0.25, -0.2) is 0 Å². The molecule has 0 bridgehead atoms. The molecule has 1 aliphatic rings. The van der Waals surface area contributed by atoms with Crippen LogP contribution in [-0.2, 0) is 6.54 Å². The van der Waals surface area contributed by atoms with Gasteiger partial charge in [0, 0.05) is 12.5 Å². The van der Waals surface area contributed by atoms with Crippen LogP contribution in [0.5, 0.6) is 17.2 Å². The summed E-state index contributed by atoms with van der Waals surface area (Å²) in [5.41, 5.74) is 0.652. The van der Waals surface area contributed by atoms with Gasteiger partial charge in [-0.05, 0) is 43.0 Å². The molecule has 31 heavy (non-hydrogen) atoms. The molecular formula is C22H25N3O5S. The van der Waals surface area contributed by atoms with Crippen LogP contribution < -0.4 is 14.2 Å². The molecule has 1 saturated heterocycles. The molecule has 0 aliphatic carbocycles. The first kappa shape index (κ1) is 21.3. The Morgan fingerprint density at radius 3 is 2.74 bits per heavy atom. The Labute approximate surface area is 184 Å². The molecule has 1 atom stereocenters. The summed E-state index contributed by atoms with van der Waals surface area (Å²) in [5, 5.41) is 6.07. The minimum Gasteiger partial charge on any atom is -0.493 e. The Morgan fingerprint density at radius 2 is 2.03 bits per heavy atom. The molecule has 0 spiro atoms. The molecule has 1 aliphatic heterocycles. The van der Waals surface area contributed by atoms with Crippen molar-refractivity contribution in [1.82, 2.24) is 15.0 Å². The first-order chi connectivity index (χ1) is 15.1. The highest BCUT2D eigenvalue weighted by atomic mass is 32.1. The molecule has 0 saturated carbocycles. The Bertz CT molecular complexity index is 1030. The van der Waals surface area contributed by atoms with Crippen LogP contribution in [0, 0.1) is 5.92 Å². The van der Waals surface area contributed by atoms with Crippen LogP contribution in [0.2, 0.25) is 0 Å². The third-order valence-corrected chi connectivity index (χ3v) is 6.30. The number of hydrogen-bond donors (Lipinski definition) is 0. The van der Waals surface area contributed by atoms with Crippen LogP contribution in [-0.4, -0.2) is 55.2 Å². The number of ketones is 1. The van der Waals surface area contributed by atoms with E-state index in [1.54, 1.807) is 27.4 Å². The quantitative estimate of drug-likeness (QED) is 0.484. The third-order valence-electron chi connectivity index (χ3n) is 5.41. The fraction of sp³-hybridized carbons (Fsp3) is 0.409.